The Hall–Kier alpha value is -1.07. The first-order valence-electron chi connectivity index (χ1n) is 5.61. The fraction of sp³-hybridized carbons (Fsp3) is 0.385. The summed E-state index contributed by atoms with van der Waals surface area (Å²) in [5, 5.41) is 9.21. The molecule has 1 aromatic carbocycles. The van der Waals surface area contributed by atoms with Crippen LogP contribution >= 0.6 is 27.5 Å². The van der Waals surface area contributed by atoms with E-state index in [1.54, 1.807) is 39.0 Å². The van der Waals surface area contributed by atoms with Gasteiger partial charge in [-0.2, -0.15) is 0 Å². The minimum absolute atomic E-state index is 0.291. The third kappa shape index (κ3) is 4.21. The van der Waals surface area contributed by atoms with E-state index in [1.165, 1.54) is 4.90 Å². The fourth-order valence-corrected chi connectivity index (χ4v) is 2.31. The van der Waals surface area contributed by atoms with Gasteiger partial charge in [-0.3, -0.25) is 9.59 Å². The van der Waals surface area contributed by atoms with E-state index >= 15 is 0 Å². The van der Waals surface area contributed by atoms with Gasteiger partial charge in [0.05, 0.1) is 10.6 Å². The van der Waals surface area contributed by atoms with Crippen LogP contribution in [-0.4, -0.2) is 34.0 Å². The number of carboxylic acid groups (broad SMARTS) is 1. The van der Waals surface area contributed by atoms with E-state index in [4.69, 9.17) is 16.7 Å². The van der Waals surface area contributed by atoms with Gasteiger partial charge in [0, 0.05) is 10.0 Å². The zero-order chi connectivity index (χ0) is 14.8. The number of carboxylic acids is 1. The van der Waals surface area contributed by atoms with Gasteiger partial charge in [-0.1, -0.05) is 27.5 Å². The Balaban J connectivity index is 3.16. The number of hydrogen-bond acceptors (Lipinski definition) is 2. The van der Waals surface area contributed by atoms with Gasteiger partial charge in [0.1, 0.15) is 6.54 Å². The molecular formula is C13H15BrClNO3. The number of rotatable bonds is 3. The van der Waals surface area contributed by atoms with Crippen molar-refractivity contribution in [2.75, 3.05) is 6.54 Å². The Morgan fingerprint density at radius 1 is 1.37 bits per heavy atom. The van der Waals surface area contributed by atoms with Gasteiger partial charge in [-0.25, -0.2) is 0 Å². The molecule has 0 saturated carbocycles. The first kappa shape index (κ1) is 16.0. The SMILES string of the molecule is CC(C)(C)N(CC(=O)O)C(=O)c1ccc(Br)cc1Cl. The smallest absolute Gasteiger partial charge is 0.323 e. The maximum atomic E-state index is 12.4. The van der Waals surface area contributed by atoms with Crippen molar-refractivity contribution in [3.63, 3.8) is 0 Å². The van der Waals surface area contributed by atoms with E-state index in [-0.39, 0.29) is 6.54 Å². The second-order valence-corrected chi connectivity index (χ2v) is 6.40. The molecule has 6 heteroatoms. The molecule has 0 fully saturated rings. The highest BCUT2D eigenvalue weighted by molar-refractivity contribution is 9.10. The summed E-state index contributed by atoms with van der Waals surface area (Å²) >= 11 is 9.29. The number of aliphatic carboxylic acids is 1. The van der Waals surface area contributed by atoms with Gasteiger partial charge in [0.2, 0.25) is 0 Å². The lowest BCUT2D eigenvalue weighted by Crippen LogP contribution is -2.48. The van der Waals surface area contributed by atoms with Gasteiger partial charge in [0.15, 0.2) is 0 Å². The zero-order valence-corrected chi connectivity index (χ0v) is 13.2. The quantitative estimate of drug-likeness (QED) is 0.910. The van der Waals surface area contributed by atoms with Gasteiger partial charge < -0.3 is 10.0 Å². The number of hydrogen-bond donors (Lipinski definition) is 1. The Kier molecular flexibility index (Phi) is 4.98. The monoisotopic (exact) mass is 347 g/mol. The predicted octanol–water partition coefficient (Wildman–Crippen LogP) is 3.43. The first-order chi connectivity index (χ1) is 8.62. The summed E-state index contributed by atoms with van der Waals surface area (Å²) in [5.74, 6) is -1.45. The molecule has 0 heterocycles. The van der Waals surface area contributed by atoms with Crippen molar-refractivity contribution in [2.24, 2.45) is 0 Å². The van der Waals surface area contributed by atoms with Crippen LogP contribution in [0.15, 0.2) is 22.7 Å². The van der Waals surface area contributed by atoms with Crippen molar-refractivity contribution in [3.05, 3.63) is 33.3 Å². The molecule has 0 aliphatic carbocycles. The summed E-state index contributed by atoms with van der Waals surface area (Å²) in [6, 6.07) is 4.88. The predicted molar refractivity (Wildman–Crippen MR) is 77.6 cm³/mol. The average Bonchev–Trinajstić information content (AvgIpc) is 2.23. The van der Waals surface area contributed by atoms with Crippen LogP contribution in [0.3, 0.4) is 0 Å². The molecule has 0 aliphatic heterocycles. The van der Waals surface area contributed by atoms with Gasteiger partial charge in [-0.05, 0) is 39.0 Å². The fourth-order valence-electron chi connectivity index (χ4n) is 1.56. The van der Waals surface area contributed by atoms with E-state index in [2.05, 4.69) is 15.9 Å². The Morgan fingerprint density at radius 2 is 1.95 bits per heavy atom. The number of nitrogens with zero attached hydrogens (tertiary/aromatic N) is 1. The second-order valence-electron chi connectivity index (χ2n) is 5.08. The normalized spacial score (nSPS) is 11.2. The molecule has 0 saturated heterocycles. The molecule has 1 rings (SSSR count). The molecule has 0 atom stereocenters. The largest absolute Gasteiger partial charge is 0.480 e. The van der Waals surface area contributed by atoms with Crippen LogP contribution in [0.2, 0.25) is 5.02 Å². The minimum Gasteiger partial charge on any atom is -0.480 e. The van der Waals surface area contributed by atoms with Crippen molar-refractivity contribution in [1.29, 1.82) is 0 Å². The van der Waals surface area contributed by atoms with Crippen LogP contribution in [0, 0.1) is 0 Å². The van der Waals surface area contributed by atoms with Gasteiger partial charge in [0.25, 0.3) is 5.91 Å². The standard InChI is InChI=1S/C13H15BrClNO3/c1-13(2,3)16(7-11(17)18)12(19)9-5-4-8(14)6-10(9)15/h4-6H,7H2,1-3H3,(H,17,18). The van der Waals surface area contributed by atoms with Crippen molar-refractivity contribution < 1.29 is 14.7 Å². The number of carbonyl (C=O) groups is 2. The van der Waals surface area contributed by atoms with Crippen LogP contribution in [0.1, 0.15) is 31.1 Å². The van der Waals surface area contributed by atoms with Crippen LogP contribution in [0.4, 0.5) is 0 Å². The van der Waals surface area contributed by atoms with E-state index < -0.39 is 17.4 Å². The van der Waals surface area contributed by atoms with Crippen molar-refractivity contribution in [1.82, 2.24) is 4.90 Å². The van der Waals surface area contributed by atoms with Crippen LogP contribution in [-0.2, 0) is 4.79 Å². The van der Waals surface area contributed by atoms with Crippen molar-refractivity contribution in [2.45, 2.75) is 26.3 Å². The maximum Gasteiger partial charge on any atom is 0.323 e. The second kappa shape index (κ2) is 5.92. The highest BCUT2D eigenvalue weighted by Gasteiger charge is 2.30. The lowest BCUT2D eigenvalue weighted by molar-refractivity contribution is -0.138. The Labute approximate surface area is 125 Å². The lowest BCUT2D eigenvalue weighted by Gasteiger charge is -2.34. The molecule has 1 aromatic rings. The Morgan fingerprint density at radius 3 is 2.37 bits per heavy atom. The summed E-state index contributed by atoms with van der Waals surface area (Å²) in [4.78, 5) is 24.6. The molecule has 104 valence electrons. The average molecular weight is 349 g/mol. The highest BCUT2D eigenvalue weighted by Crippen LogP contribution is 2.25. The number of benzene rings is 1. The molecule has 0 bridgehead atoms. The molecule has 0 aromatic heterocycles. The maximum absolute atomic E-state index is 12.4. The lowest BCUT2D eigenvalue weighted by atomic mass is 10.0. The van der Waals surface area contributed by atoms with E-state index in [0.29, 0.717) is 10.6 Å². The third-order valence-corrected chi connectivity index (χ3v) is 3.32. The zero-order valence-electron chi connectivity index (χ0n) is 10.9. The molecule has 0 aliphatic rings. The molecule has 0 spiro atoms. The van der Waals surface area contributed by atoms with Crippen LogP contribution in [0.25, 0.3) is 0 Å². The topological polar surface area (TPSA) is 57.6 Å². The molecular weight excluding hydrogens is 334 g/mol. The number of halogens is 2. The summed E-state index contributed by atoms with van der Waals surface area (Å²) in [6.45, 7) is 4.97. The van der Waals surface area contributed by atoms with E-state index in [0.717, 1.165) is 4.47 Å². The molecule has 4 nitrogen and oxygen atoms in total. The van der Waals surface area contributed by atoms with Gasteiger partial charge >= 0.3 is 5.97 Å². The third-order valence-electron chi connectivity index (χ3n) is 2.51. The van der Waals surface area contributed by atoms with E-state index in [1.807, 2.05) is 0 Å². The molecule has 1 amide bonds. The Bertz CT molecular complexity index is 511. The minimum atomic E-state index is -1.06. The van der Waals surface area contributed by atoms with Crippen molar-refractivity contribution in [3.8, 4) is 0 Å². The molecule has 0 unspecified atom stereocenters. The summed E-state index contributed by atoms with van der Waals surface area (Å²) < 4.78 is 0.759. The summed E-state index contributed by atoms with van der Waals surface area (Å²) in [6.07, 6.45) is 0. The summed E-state index contributed by atoms with van der Waals surface area (Å²) in [5.41, 5.74) is -0.313. The molecule has 1 N–H and O–H groups in total. The van der Waals surface area contributed by atoms with Crippen LogP contribution in [0.5, 0.6) is 0 Å². The van der Waals surface area contributed by atoms with Crippen LogP contribution < -0.4 is 0 Å². The summed E-state index contributed by atoms with van der Waals surface area (Å²) in [7, 11) is 0. The van der Waals surface area contributed by atoms with Crippen molar-refractivity contribution >= 4 is 39.4 Å². The first-order valence-corrected chi connectivity index (χ1v) is 6.79. The highest BCUT2D eigenvalue weighted by atomic mass is 79.9. The molecule has 19 heavy (non-hydrogen) atoms. The number of amides is 1. The molecule has 0 radical (unpaired) electrons. The van der Waals surface area contributed by atoms with Gasteiger partial charge in [-0.15, -0.1) is 0 Å². The van der Waals surface area contributed by atoms with E-state index in [9.17, 15) is 9.59 Å². The number of carbonyl (C=O) groups excluding carboxylic acids is 1.